The number of ether oxygens (including phenoxy) is 2. The lowest BCUT2D eigenvalue weighted by Crippen LogP contribution is -2.02. The van der Waals surface area contributed by atoms with Crippen LogP contribution in [0.3, 0.4) is 0 Å². The Labute approximate surface area is 206 Å². The van der Waals surface area contributed by atoms with Crippen LogP contribution in [0.2, 0.25) is 0 Å². The molecule has 1 aliphatic heterocycles. The topological polar surface area (TPSA) is 52.6 Å². The second-order valence-corrected chi connectivity index (χ2v) is 11.1. The number of esters is 2. The number of thioether (sulfide) groups is 2. The Balaban J connectivity index is 1.48. The second kappa shape index (κ2) is 13.1. The zero-order valence-electron chi connectivity index (χ0n) is 17.5. The van der Waals surface area contributed by atoms with Crippen LogP contribution in [0.25, 0.3) is 0 Å². The van der Waals surface area contributed by atoms with Crippen LogP contribution in [0, 0.1) is 0 Å². The number of rotatable bonds is 12. The van der Waals surface area contributed by atoms with E-state index in [1.165, 1.54) is 41.5 Å². The molecule has 0 unspecified atom stereocenters. The Morgan fingerprint density at radius 2 is 1.19 bits per heavy atom. The fraction of sp³-hybridized carbons (Fsp3) is 0.250. The fourth-order valence-corrected chi connectivity index (χ4v) is 6.83. The molecule has 0 bridgehead atoms. The molecule has 0 saturated heterocycles. The summed E-state index contributed by atoms with van der Waals surface area (Å²) in [5.41, 5.74) is 0. The van der Waals surface area contributed by atoms with Crippen LogP contribution in [0.5, 0.6) is 0 Å². The molecule has 32 heavy (non-hydrogen) atoms. The lowest BCUT2D eigenvalue weighted by Gasteiger charge is -2.19. The summed E-state index contributed by atoms with van der Waals surface area (Å²) in [5.74, 6) is 1.05. The molecule has 0 aliphatic carbocycles. The average Bonchev–Trinajstić information content (AvgIpc) is 2.81. The summed E-state index contributed by atoms with van der Waals surface area (Å²) >= 11 is 7.15. The smallest absolute Gasteiger partial charge is 0.330 e. The molecule has 0 N–H and O–H groups in total. The molecule has 0 saturated carbocycles. The highest BCUT2D eigenvalue weighted by molar-refractivity contribution is 8.05. The molecule has 168 valence electrons. The Kier molecular flexibility index (Phi) is 10.2. The van der Waals surface area contributed by atoms with Gasteiger partial charge in [-0.3, -0.25) is 0 Å². The minimum absolute atomic E-state index is 0.369. The maximum absolute atomic E-state index is 11.1. The molecule has 4 nitrogen and oxygen atoms in total. The minimum atomic E-state index is -0.369. The molecule has 0 radical (unpaired) electrons. The first-order valence-electron chi connectivity index (χ1n) is 10.1. The molecule has 3 rings (SSSR count). The van der Waals surface area contributed by atoms with Gasteiger partial charge in [0, 0.05) is 53.0 Å². The molecule has 0 aromatic heterocycles. The Hall–Kier alpha value is -1.74. The van der Waals surface area contributed by atoms with Gasteiger partial charge in [-0.05, 0) is 49.2 Å². The molecule has 0 atom stereocenters. The molecular weight excluding hydrogens is 481 g/mol. The fourth-order valence-electron chi connectivity index (χ4n) is 2.68. The zero-order valence-corrected chi connectivity index (χ0v) is 20.8. The highest BCUT2D eigenvalue weighted by Gasteiger charge is 2.18. The molecule has 0 amide bonds. The summed E-state index contributed by atoms with van der Waals surface area (Å²) in [6.07, 6.45) is 4.00. The van der Waals surface area contributed by atoms with Gasteiger partial charge in [-0.2, -0.15) is 0 Å². The van der Waals surface area contributed by atoms with Gasteiger partial charge in [0.15, 0.2) is 0 Å². The van der Waals surface area contributed by atoms with Gasteiger partial charge in [-0.25, -0.2) is 9.59 Å². The number of carbonyl (C=O) groups excluding carboxylic acids is 2. The third kappa shape index (κ3) is 7.69. The Bertz CT molecular complexity index is 910. The van der Waals surface area contributed by atoms with Crippen LogP contribution in [0.15, 0.2) is 91.1 Å². The minimum Gasteiger partial charge on any atom is -0.463 e. The molecular formula is C24H24O4S4. The predicted octanol–water partition coefficient (Wildman–Crippen LogP) is 6.73. The lowest BCUT2D eigenvalue weighted by atomic mass is 10.3. The van der Waals surface area contributed by atoms with Crippen LogP contribution in [-0.4, -0.2) is 36.7 Å². The van der Waals surface area contributed by atoms with Crippen molar-refractivity contribution in [3.8, 4) is 0 Å². The number of hydrogen-bond donors (Lipinski definition) is 0. The predicted molar refractivity (Wildman–Crippen MR) is 134 cm³/mol. The molecule has 2 aromatic carbocycles. The molecule has 2 aromatic rings. The second-order valence-electron chi connectivity index (χ2n) is 6.57. The third-order valence-electron chi connectivity index (χ3n) is 4.21. The maximum Gasteiger partial charge on any atom is 0.330 e. The van der Waals surface area contributed by atoms with Gasteiger partial charge in [0.1, 0.15) is 0 Å². The zero-order chi connectivity index (χ0) is 22.8. The van der Waals surface area contributed by atoms with Crippen molar-refractivity contribution in [2.75, 3.05) is 24.7 Å². The van der Waals surface area contributed by atoms with Crippen LogP contribution in [0.4, 0.5) is 0 Å². The number of hydrogen-bond acceptors (Lipinski definition) is 8. The molecule has 1 heterocycles. The van der Waals surface area contributed by atoms with Crippen LogP contribution in [0.1, 0.15) is 12.8 Å². The number of fused-ring (bicyclic) bond motifs is 2. The molecule has 0 fully saturated rings. The van der Waals surface area contributed by atoms with Gasteiger partial charge < -0.3 is 9.47 Å². The van der Waals surface area contributed by atoms with Crippen molar-refractivity contribution in [1.29, 1.82) is 0 Å². The molecule has 0 spiro atoms. The highest BCUT2D eigenvalue weighted by Crippen LogP contribution is 2.50. The standard InChI is InChI=1S/C24H24O4S4/c1-3-23(25)27-11-5-13-29-17-7-9-19-21(15-17)31-20-10-8-18(16-22(20)32-19)30-14-6-12-28-24(26)4-2/h3-4,7-10,15-16H,1-2,5-6,11-14H2. The first kappa shape index (κ1) is 24.9. The van der Waals surface area contributed by atoms with E-state index in [0.717, 1.165) is 24.3 Å². The largest absolute Gasteiger partial charge is 0.463 e. The van der Waals surface area contributed by atoms with Crippen molar-refractivity contribution < 1.29 is 19.1 Å². The van der Waals surface area contributed by atoms with Crippen LogP contribution >= 0.6 is 47.0 Å². The first-order chi connectivity index (χ1) is 15.6. The van der Waals surface area contributed by atoms with Gasteiger partial charge in [0.25, 0.3) is 0 Å². The SMILES string of the molecule is C=CC(=O)OCCCSc1ccc2c(c1)Sc1ccc(SCCCOC(=O)C=C)cc1S2. The summed E-state index contributed by atoms with van der Waals surface area (Å²) in [4.78, 5) is 29.7. The number of carbonyl (C=O) groups is 2. The molecule has 8 heteroatoms. The van der Waals surface area contributed by atoms with Gasteiger partial charge in [0.2, 0.25) is 0 Å². The van der Waals surface area contributed by atoms with E-state index in [1.807, 2.05) is 0 Å². The van der Waals surface area contributed by atoms with E-state index in [4.69, 9.17) is 9.47 Å². The average molecular weight is 505 g/mol. The van der Waals surface area contributed by atoms with Crippen molar-refractivity contribution in [2.24, 2.45) is 0 Å². The van der Waals surface area contributed by atoms with E-state index in [1.54, 1.807) is 47.0 Å². The maximum atomic E-state index is 11.1. The lowest BCUT2D eigenvalue weighted by molar-refractivity contribution is -0.138. The van der Waals surface area contributed by atoms with Gasteiger partial charge in [0.05, 0.1) is 13.2 Å². The van der Waals surface area contributed by atoms with Gasteiger partial charge in [-0.1, -0.05) is 36.7 Å². The van der Waals surface area contributed by atoms with Crippen molar-refractivity contribution >= 4 is 59.0 Å². The van der Waals surface area contributed by atoms with Crippen molar-refractivity contribution in [3.05, 3.63) is 61.7 Å². The number of benzene rings is 2. The van der Waals surface area contributed by atoms with Crippen LogP contribution < -0.4 is 0 Å². The highest BCUT2D eigenvalue weighted by atomic mass is 32.2. The molecule has 1 aliphatic rings. The van der Waals surface area contributed by atoms with Crippen molar-refractivity contribution in [3.63, 3.8) is 0 Å². The van der Waals surface area contributed by atoms with E-state index in [-0.39, 0.29) is 11.9 Å². The van der Waals surface area contributed by atoms with E-state index in [2.05, 4.69) is 49.6 Å². The quantitative estimate of drug-likeness (QED) is 0.117. The van der Waals surface area contributed by atoms with Crippen molar-refractivity contribution in [1.82, 2.24) is 0 Å². The van der Waals surface area contributed by atoms with E-state index < -0.39 is 0 Å². The first-order valence-corrected chi connectivity index (χ1v) is 13.7. The van der Waals surface area contributed by atoms with Gasteiger partial charge in [-0.15, -0.1) is 23.5 Å². The Morgan fingerprint density at radius 1 is 0.750 bits per heavy atom. The summed E-state index contributed by atoms with van der Waals surface area (Å²) in [5, 5.41) is 0. The summed E-state index contributed by atoms with van der Waals surface area (Å²) in [6, 6.07) is 13.2. The normalized spacial score (nSPS) is 11.8. The Morgan fingerprint density at radius 3 is 1.59 bits per heavy atom. The summed E-state index contributed by atoms with van der Waals surface area (Å²) in [6.45, 7) is 7.62. The van der Waals surface area contributed by atoms with Gasteiger partial charge >= 0.3 is 11.9 Å². The van der Waals surface area contributed by atoms with Crippen molar-refractivity contribution in [2.45, 2.75) is 42.2 Å². The van der Waals surface area contributed by atoms with E-state index in [0.29, 0.717) is 13.2 Å². The monoisotopic (exact) mass is 504 g/mol. The third-order valence-corrected chi connectivity index (χ3v) is 8.89. The van der Waals surface area contributed by atoms with E-state index >= 15 is 0 Å². The van der Waals surface area contributed by atoms with E-state index in [9.17, 15) is 9.59 Å². The summed E-state index contributed by atoms with van der Waals surface area (Å²) in [7, 11) is 0. The van der Waals surface area contributed by atoms with Crippen LogP contribution in [-0.2, 0) is 19.1 Å². The summed E-state index contributed by atoms with van der Waals surface area (Å²) < 4.78 is 10.0.